The van der Waals surface area contributed by atoms with Gasteiger partial charge in [0, 0.05) is 25.0 Å². The molecule has 7 heteroatoms. The minimum absolute atomic E-state index is 0.361. The first-order valence-corrected chi connectivity index (χ1v) is 17.3. The first kappa shape index (κ1) is 32.7. The molecule has 49 heavy (non-hydrogen) atoms. The SMILES string of the molecule is CCC1OC1CCOc1ccc(-c2ccc(Oc3cc(C)cc(Oc4ccc(-c5ccc(OCCC6OC6CC)cc5)cc4)n3)cc2)cc1. The molecule has 2 saturated heterocycles. The third-order valence-corrected chi connectivity index (χ3v) is 8.97. The van der Waals surface area contributed by atoms with Crippen molar-refractivity contribution in [1.29, 1.82) is 0 Å². The number of nitrogens with zero attached hydrogens (tertiary/aromatic N) is 1. The molecule has 5 aromatic rings. The fraction of sp³-hybridized carbons (Fsp3) is 0.310. The van der Waals surface area contributed by atoms with Crippen LogP contribution in [0.15, 0.2) is 109 Å². The van der Waals surface area contributed by atoms with Gasteiger partial charge in [0.25, 0.3) is 0 Å². The number of pyridine rings is 1. The van der Waals surface area contributed by atoms with Crippen molar-refractivity contribution >= 4 is 0 Å². The molecule has 7 rings (SSSR count). The molecule has 7 nitrogen and oxygen atoms in total. The molecule has 0 N–H and O–H groups in total. The predicted octanol–water partition coefficient (Wildman–Crippen LogP) is 10.2. The molecule has 0 radical (unpaired) electrons. The molecule has 2 fully saturated rings. The molecule has 2 aliphatic rings. The van der Waals surface area contributed by atoms with Gasteiger partial charge in [-0.2, -0.15) is 4.98 Å². The standard InChI is InChI=1S/C42H43NO6/c1-4-37-39(48-37)22-24-44-33-14-6-29(7-15-33)31-10-18-35(19-11-31)46-41-26-28(3)27-42(43-41)47-36-20-12-32(13-21-36)30-8-16-34(17-9-30)45-25-23-40-38(5-2)49-40/h6-21,26-27,37-40H,4-5,22-25H2,1-3H3. The van der Waals surface area contributed by atoms with Crippen molar-refractivity contribution in [3.05, 3.63) is 115 Å². The molecular weight excluding hydrogens is 614 g/mol. The van der Waals surface area contributed by atoms with E-state index in [0.717, 1.165) is 65.0 Å². The van der Waals surface area contributed by atoms with Crippen LogP contribution in [0.2, 0.25) is 0 Å². The fourth-order valence-electron chi connectivity index (χ4n) is 6.04. The van der Waals surface area contributed by atoms with E-state index >= 15 is 0 Å². The van der Waals surface area contributed by atoms with Crippen LogP contribution < -0.4 is 18.9 Å². The topological polar surface area (TPSA) is 74.9 Å². The zero-order valence-corrected chi connectivity index (χ0v) is 28.3. The highest BCUT2D eigenvalue weighted by Gasteiger charge is 2.37. The third kappa shape index (κ3) is 8.79. The van der Waals surface area contributed by atoms with E-state index in [0.29, 0.717) is 60.9 Å². The number of aromatic nitrogens is 1. The molecule has 0 bridgehead atoms. The first-order chi connectivity index (χ1) is 24.0. The Labute approximate surface area is 288 Å². The Morgan fingerprint density at radius 3 is 1.16 bits per heavy atom. The Morgan fingerprint density at radius 2 is 0.837 bits per heavy atom. The highest BCUT2D eigenvalue weighted by Crippen LogP contribution is 2.32. The van der Waals surface area contributed by atoms with E-state index in [2.05, 4.69) is 43.1 Å². The molecule has 4 atom stereocenters. The molecule has 0 aliphatic carbocycles. The monoisotopic (exact) mass is 657 g/mol. The van der Waals surface area contributed by atoms with E-state index in [1.807, 2.05) is 91.9 Å². The predicted molar refractivity (Wildman–Crippen MR) is 191 cm³/mol. The van der Waals surface area contributed by atoms with Gasteiger partial charge < -0.3 is 28.4 Å². The maximum atomic E-state index is 6.13. The summed E-state index contributed by atoms with van der Waals surface area (Å²) in [7, 11) is 0. The Morgan fingerprint density at radius 1 is 0.490 bits per heavy atom. The average Bonchev–Trinajstić information content (AvgIpc) is 4.06. The van der Waals surface area contributed by atoms with E-state index in [4.69, 9.17) is 28.4 Å². The first-order valence-electron chi connectivity index (χ1n) is 17.3. The van der Waals surface area contributed by atoms with Gasteiger partial charge in [-0.1, -0.05) is 62.4 Å². The minimum Gasteiger partial charge on any atom is -0.493 e. The lowest BCUT2D eigenvalue weighted by Crippen LogP contribution is -2.03. The lowest BCUT2D eigenvalue weighted by Gasteiger charge is -2.11. The summed E-state index contributed by atoms with van der Waals surface area (Å²) in [5.41, 5.74) is 5.39. The van der Waals surface area contributed by atoms with E-state index < -0.39 is 0 Å². The highest BCUT2D eigenvalue weighted by molar-refractivity contribution is 5.66. The summed E-state index contributed by atoms with van der Waals surface area (Å²) >= 11 is 0. The fourth-order valence-corrected chi connectivity index (χ4v) is 6.04. The summed E-state index contributed by atoms with van der Waals surface area (Å²) in [4.78, 5) is 4.61. The van der Waals surface area contributed by atoms with E-state index in [1.165, 1.54) is 0 Å². The van der Waals surface area contributed by atoms with Crippen LogP contribution >= 0.6 is 0 Å². The van der Waals surface area contributed by atoms with Gasteiger partial charge in [-0.25, -0.2) is 0 Å². The zero-order valence-electron chi connectivity index (χ0n) is 28.3. The van der Waals surface area contributed by atoms with Crippen LogP contribution in [0, 0.1) is 6.92 Å². The van der Waals surface area contributed by atoms with E-state index in [9.17, 15) is 0 Å². The number of hydrogen-bond acceptors (Lipinski definition) is 7. The van der Waals surface area contributed by atoms with Gasteiger partial charge in [0.15, 0.2) is 0 Å². The minimum atomic E-state index is 0.361. The summed E-state index contributed by atoms with van der Waals surface area (Å²) in [5, 5.41) is 0. The molecule has 4 aromatic carbocycles. The van der Waals surface area contributed by atoms with Gasteiger partial charge in [-0.05, 0) is 96.1 Å². The van der Waals surface area contributed by atoms with Crippen LogP contribution in [0.3, 0.4) is 0 Å². The summed E-state index contributed by atoms with van der Waals surface area (Å²) in [6, 6.07) is 36.1. The Balaban J connectivity index is 0.904. The number of hydrogen-bond donors (Lipinski definition) is 0. The van der Waals surface area contributed by atoms with Crippen molar-refractivity contribution in [2.75, 3.05) is 13.2 Å². The van der Waals surface area contributed by atoms with Gasteiger partial charge in [0.1, 0.15) is 23.0 Å². The summed E-state index contributed by atoms with van der Waals surface area (Å²) < 4.78 is 35.3. The lowest BCUT2D eigenvalue weighted by atomic mass is 10.1. The number of benzene rings is 4. The van der Waals surface area contributed by atoms with Crippen molar-refractivity contribution < 1.29 is 28.4 Å². The molecule has 1 aromatic heterocycles. The molecule has 4 unspecified atom stereocenters. The van der Waals surface area contributed by atoms with Crippen molar-refractivity contribution in [2.24, 2.45) is 0 Å². The molecule has 0 spiro atoms. The Bertz CT molecular complexity index is 1670. The summed E-state index contributed by atoms with van der Waals surface area (Å²) in [5.74, 6) is 4.08. The molecular formula is C42H43NO6. The van der Waals surface area contributed by atoms with Crippen LogP contribution in [-0.4, -0.2) is 42.6 Å². The zero-order chi connectivity index (χ0) is 33.6. The van der Waals surface area contributed by atoms with Crippen LogP contribution in [-0.2, 0) is 9.47 Å². The van der Waals surface area contributed by atoms with Gasteiger partial charge >= 0.3 is 0 Å². The van der Waals surface area contributed by atoms with Gasteiger partial charge in [0.05, 0.1) is 37.6 Å². The van der Waals surface area contributed by atoms with Crippen molar-refractivity contribution in [3.63, 3.8) is 0 Å². The second kappa shape index (κ2) is 15.1. The molecule has 252 valence electrons. The maximum absolute atomic E-state index is 6.13. The molecule has 0 amide bonds. The second-order valence-corrected chi connectivity index (χ2v) is 12.6. The van der Waals surface area contributed by atoms with E-state index in [1.54, 1.807) is 0 Å². The number of aryl methyl sites for hydroxylation is 1. The lowest BCUT2D eigenvalue weighted by molar-refractivity contribution is 0.280. The quantitative estimate of drug-likeness (QED) is 0.0978. The molecule has 2 aliphatic heterocycles. The molecule has 0 saturated carbocycles. The third-order valence-electron chi connectivity index (χ3n) is 8.97. The highest BCUT2D eigenvalue weighted by atomic mass is 16.6. The smallest absolute Gasteiger partial charge is 0.222 e. The van der Waals surface area contributed by atoms with Crippen LogP contribution in [0.4, 0.5) is 0 Å². The largest absolute Gasteiger partial charge is 0.493 e. The van der Waals surface area contributed by atoms with E-state index in [-0.39, 0.29) is 0 Å². The normalized spacial score (nSPS) is 19.2. The number of rotatable bonds is 16. The second-order valence-electron chi connectivity index (χ2n) is 12.6. The maximum Gasteiger partial charge on any atom is 0.222 e. The molecule has 3 heterocycles. The van der Waals surface area contributed by atoms with Crippen LogP contribution in [0.5, 0.6) is 34.8 Å². The van der Waals surface area contributed by atoms with Crippen LogP contribution in [0.25, 0.3) is 22.3 Å². The van der Waals surface area contributed by atoms with Crippen molar-refractivity contribution in [2.45, 2.75) is 70.9 Å². The number of ether oxygens (including phenoxy) is 6. The van der Waals surface area contributed by atoms with Gasteiger partial charge in [-0.3, -0.25) is 0 Å². The number of epoxide rings is 2. The van der Waals surface area contributed by atoms with Crippen molar-refractivity contribution in [1.82, 2.24) is 4.98 Å². The van der Waals surface area contributed by atoms with Crippen molar-refractivity contribution in [3.8, 4) is 57.0 Å². The Hall–Kier alpha value is -4.85. The van der Waals surface area contributed by atoms with Crippen LogP contribution in [0.1, 0.15) is 45.1 Å². The van der Waals surface area contributed by atoms with Gasteiger partial charge in [-0.15, -0.1) is 0 Å². The summed E-state index contributed by atoms with van der Waals surface area (Å²) in [6.07, 6.45) is 5.56. The van der Waals surface area contributed by atoms with Gasteiger partial charge in [0.2, 0.25) is 11.8 Å². The summed E-state index contributed by atoms with van der Waals surface area (Å²) in [6.45, 7) is 7.64. The average molecular weight is 658 g/mol. The Kier molecular flexibility index (Phi) is 10.1.